The first-order valence-corrected chi connectivity index (χ1v) is 17.0. The Bertz CT molecular complexity index is 933. The van der Waals surface area contributed by atoms with Gasteiger partial charge in [-0.1, -0.05) is 63.9 Å². The van der Waals surface area contributed by atoms with Gasteiger partial charge < -0.3 is 28.9 Å². The summed E-state index contributed by atoms with van der Waals surface area (Å²) in [5.74, 6) is -1.07. The Labute approximate surface area is 236 Å². The van der Waals surface area contributed by atoms with E-state index < -0.39 is 37.1 Å². The van der Waals surface area contributed by atoms with Crippen LogP contribution in [0.1, 0.15) is 86.1 Å². The van der Waals surface area contributed by atoms with E-state index >= 15 is 0 Å². The number of aliphatic carboxylic acids is 1. The summed E-state index contributed by atoms with van der Waals surface area (Å²) in [5.41, 5.74) is -1.44. The fourth-order valence-electron chi connectivity index (χ4n) is 4.21. The maximum absolute atomic E-state index is 12.8. The molecule has 1 fully saturated rings. The molecular weight excluding hydrogens is 513 g/mol. The maximum Gasteiger partial charge on any atom is 0.457 e. The smallest absolute Gasteiger partial charge is 0.457 e. The number of unbranched alkanes of at least 4 members (excludes halogenated alkanes) is 1. The van der Waals surface area contributed by atoms with Gasteiger partial charge in [0.15, 0.2) is 8.32 Å². The molecule has 8 nitrogen and oxygen atoms in total. The van der Waals surface area contributed by atoms with Gasteiger partial charge in [0.25, 0.3) is 0 Å². The van der Waals surface area contributed by atoms with E-state index in [1.54, 1.807) is 0 Å². The summed E-state index contributed by atoms with van der Waals surface area (Å²) in [6, 6.07) is 9.31. The number of alkyl carbamates (subject to hydrolysis) is 1. The standard InChI is InChI=1S/C29H50BNO7Si/c1-26(2,3)39(8,9)36-21-15-19-29(24(32)33,31-25(34)35-22-23-16-11-10-12-17-23)18-13-14-20-30-37-27(4,5)28(6,7)38-30/h10-12,16-17H,13-15,18-22H2,1-9H3,(H,31,34)(H,32,33). The van der Waals surface area contributed by atoms with Crippen LogP contribution in [-0.4, -0.2) is 56.0 Å². The predicted molar refractivity (Wildman–Crippen MR) is 157 cm³/mol. The number of benzene rings is 1. The highest BCUT2D eigenvalue weighted by molar-refractivity contribution is 6.74. The van der Waals surface area contributed by atoms with Crippen molar-refractivity contribution < 1.29 is 33.2 Å². The summed E-state index contributed by atoms with van der Waals surface area (Å²) in [4.78, 5) is 25.4. The van der Waals surface area contributed by atoms with Gasteiger partial charge >= 0.3 is 19.2 Å². The largest absolute Gasteiger partial charge is 0.480 e. The van der Waals surface area contributed by atoms with Crippen molar-refractivity contribution >= 4 is 27.5 Å². The second-order valence-electron chi connectivity index (χ2n) is 13.2. The summed E-state index contributed by atoms with van der Waals surface area (Å²) < 4.78 is 23.8. The van der Waals surface area contributed by atoms with Gasteiger partial charge in [-0.2, -0.15) is 0 Å². The minimum absolute atomic E-state index is 0.0594. The van der Waals surface area contributed by atoms with E-state index in [1.807, 2.05) is 58.0 Å². The van der Waals surface area contributed by atoms with Crippen LogP contribution in [0, 0.1) is 0 Å². The zero-order valence-corrected chi connectivity index (χ0v) is 26.5. The number of hydrogen-bond acceptors (Lipinski definition) is 6. The van der Waals surface area contributed by atoms with E-state index in [2.05, 4.69) is 39.2 Å². The van der Waals surface area contributed by atoms with Gasteiger partial charge in [0.05, 0.1) is 11.2 Å². The first-order valence-electron chi connectivity index (χ1n) is 14.1. The molecular formula is C29H50BNO7Si. The average Bonchev–Trinajstić information content (AvgIpc) is 3.03. The molecule has 2 N–H and O–H groups in total. The topological polar surface area (TPSA) is 103 Å². The number of ether oxygens (including phenoxy) is 1. The fraction of sp³-hybridized carbons (Fsp3) is 0.724. The van der Waals surface area contributed by atoms with Crippen molar-refractivity contribution in [3.63, 3.8) is 0 Å². The maximum atomic E-state index is 12.8. The number of carboxylic acid groups (broad SMARTS) is 1. The highest BCUT2D eigenvalue weighted by atomic mass is 28.4. The molecule has 10 heteroatoms. The van der Waals surface area contributed by atoms with Crippen molar-refractivity contribution in [2.24, 2.45) is 0 Å². The zero-order valence-electron chi connectivity index (χ0n) is 25.5. The number of carbonyl (C=O) groups excluding carboxylic acids is 1. The number of nitrogens with one attached hydrogen (secondary N) is 1. The molecule has 0 saturated carbocycles. The molecule has 220 valence electrons. The molecule has 1 aromatic carbocycles. The molecule has 39 heavy (non-hydrogen) atoms. The van der Waals surface area contributed by atoms with Crippen molar-refractivity contribution in [1.82, 2.24) is 5.32 Å². The van der Waals surface area contributed by atoms with E-state index in [9.17, 15) is 14.7 Å². The van der Waals surface area contributed by atoms with Crippen molar-refractivity contribution in [1.29, 1.82) is 0 Å². The van der Waals surface area contributed by atoms with Gasteiger partial charge in [-0.05, 0) is 77.0 Å². The minimum atomic E-state index is -1.97. The first-order chi connectivity index (χ1) is 17.9. The molecule has 1 unspecified atom stereocenters. The Morgan fingerprint density at radius 2 is 1.54 bits per heavy atom. The summed E-state index contributed by atoms with van der Waals surface area (Å²) in [5, 5.41) is 13.1. The van der Waals surface area contributed by atoms with Crippen molar-refractivity contribution in [3.05, 3.63) is 35.9 Å². The number of carboxylic acids is 1. The zero-order chi connectivity index (χ0) is 29.5. The lowest BCUT2D eigenvalue weighted by Crippen LogP contribution is -2.55. The first kappa shape index (κ1) is 33.3. The van der Waals surface area contributed by atoms with Gasteiger partial charge in [-0.25, -0.2) is 9.59 Å². The van der Waals surface area contributed by atoms with Crippen LogP contribution in [0.25, 0.3) is 0 Å². The summed E-state index contributed by atoms with van der Waals surface area (Å²) in [6.07, 6.45) is 2.21. The van der Waals surface area contributed by atoms with Crippen LogP contribution in [0.3, 0.4) is 0 Å². The quantitative estimate of drug-likeness (QED) is 0.190. The Morgan fingerprint density at radius 1 is 0.974 bits per heavy atom. The molecule has 1 atom stereocenters. The van der Waals surface area contributed by atoms with Gasteiger partial charge in [-0.15, -0.1) is 0 Å². The molecule has 1 aromatic rings. The third-order valence-corrected chi connectivity index (χ3v) is 13.1. The molecule has 0 bridgehead atoms. The third-order valence-electron chi connectivity index (χ3n) is 8.58. The fourth-order valence-corrected chi connectivity index (χ4v) is 5.30. The van der Waals surface area contributed by atoms with E-state index in [0.717, 1.165) is 5.56 Å². The normalized spacial score (nSPS) is 18.4. The van der Waals surface area contributed by atoms with Crippen LogP contribution in [0.2, 0.25) is 24.5 Å². The molecule has 1 saturated heterocycles. The van der Waals surface area contributed by atoms with Crippen LogP contribution in [0.5, 0.6) is 0 Å². The SMILES string of the molecule is CC1(C)OB(CCCCC(CCCO[Si](C)(C)C(C)(C)C)(NC(=O)OCc2ccccc2)C(=O)O)OC1(C)C. The number of hydrogen-bond donors (Lipinski definition) is 2. The number of carbonyl (C=O) groups is 2. The van der Waals surface area contributed by atoms with E-state index in [-0.39, 0.29) is 31.6 Å². The van der Waals surface area contributed by atoms with Gasteiger partial charge in [0.2, 0.25) is 0 Å². The number of rotatable bonds is 14. The molecule has 0 aliphatic carbocycles. The average molecular weight is 564 g/mol. The molecule has 1 heterocycles. The lowest BCUT2D eigenvalue weighted by Gasteiger charge is -2.36. The molecule has 0 aromatic heterocycles. The van der Waals surface area contributed by atoms with Crippen LogP contribution in [0.15, 0.2) is 30.3 Å². The van der Waals surface area contributed by atoms with E-state index in [4.69, 9.17) is 18.5 Å². The van der Waals surface area contributed by atoms with Crippen LogP contribution in [-0.2, 0) is 29.9 Å². The number of amides is 1. The third kappa shape index (κ3) is 9.33. The summed E-state index contributed by atoms with van der Waals surface area (Å²) in [6.45, 7) is 19.4. The highest BCUT2D eigenvalue weighted by Gasteiger charge is 2.50. The monoisotopic (exact) mass is 563 g/mol. The lowest BCUT2D eigenvalue weighted by molar-refractivity contribution is -0.145. The van der Waals surface area contributed by atoms with Crippen molar-refractivity contribution in [3.8, 4) is 0 Å². The van der Waals surface area contributed by atoms with Crippen molar-refractivity contribution in [2.75, 3.05) is 6.61 Å². The molecule has 1 aliphatic rings. The van der Waals surface area contributed by atoms with E-state index in [0.29, 0.717) is 32.2 Å². The Hall–Kier alpha value is -1.88. The Morgan fingerprint density at radius 3 is 2.08 bits per heavy atom. The van der Waals surface area contributed by atoms with Gasteiger partial charge in [-0.3, -0.25) is 0 Å². The second kappa shape index (κ2) is 13.2. The van der Waals surface area contributed by atoms with Gasteiger partial charge in [0.1, 0.15) is 12.1 Å². The second-order valence-corrected chi connectivity index (χ2v) is 18.0. The van der Waals surface area contributed by atoms with Crippen molar-refractivity contribution in [2.45, 2.75) is 128 Å². The lowest BCUT2D eigenvalue weighted by atomic mass is 9.80. The molecule has 1 amide bonds. The van der Waals surface area contributed by atoms with E-state index in [1.165, 1.54) is 0 Å². The molecule has 0 radical (unpaired) electrons. The van der Waals surface area contributed by atoms with Crippen LogP contribution < -0.4 is 5.32 Å². The van der Waals surface area contributed by atoms with Gasteiger partial charge in [0, 0.05) is 6.61 Å². The van der Waals surface area contributed by atoms with Crippen LogP contribution in [0.4, 0.5) is 4.79 Å². The minimum Gasteiger partial charge on any atom is -0.480 e. The highest BCUT2D eigenvalue weighted by Crippen LogP contribution is 2.39. The molecule has 1 aliphatic heterocycles. The predicted octanol–water partition coefficient (Wildman–Crippen LogP) is 6.80. The Kier molecular flexibility index (Phi) is 11.3. The summed E-state index contributed by atoms with van der Waals surface area (Å²) >= 11 is 0. The Balaban J connectivity index is 2.03. The summed E-state index contributed by atoms with van der Waals surface area (Å²) in [7, 11) is -2.30. The molecule has 0 spiro atoms. The van der Waals surface area contributed by atoms with Crippen LogP contribution >= 0.6 is 0 Å². The molecule has 2 rings (SSSR count).